The summed E-state index contributed by atoms with van der Waals surface area (Å²) in [6.07, 6.45) is 1.14. The molecule has 0 spiro atoms. The number of hydrogen-bond donors (Lipinski definition) is 0. The largest absolute Gasteiger partial charge is 0.340 e. The Labute approximate surface area is 100 Å². The van der Waals surface area contributed by atoms with Crippen LogP contribution < -0.4 is 0 Å². The van der Waals surface area contributed by atoms with E-state index in [1.165, 1.54) is 27.7 Å². The predicted molar refractivity (Wildman–Crippen MR) is 71.1 cm³/mol. The quantitative estimate of drug-likeness (QED) is 0.541. The molecular weight excluding hydrogens is 206 g/mol. The summed E-state index contributed by atoms with van der Waals surface area (Å²) in [5.41, 5.74) is 5.60. The third-order valence-corrected chi connectivity index (χ3v) is 3.71. The maximum atomic E-state index is 2.44. The van der Waals surface area contributed by atoms with Crippen LogP contribution in [0.15, 0.2) is 54.6 Å². The lowest BCUT2D eigenvalue weighted by Gasteiger charge is -2.19. The van der Waals surface area contributed by atoms with Gasteiger partial charge in [-0.05, 0) is 24.1 Å². The fraction of sp³-hybridized carbons (Fsp3) is 0.125. The van der Waals surface area contributed by atoms with Crippen LogP contribution in [0.2, 0.25) is 0 Å². The zero-order chi connectivity index (χ0) is 11.2. The smallest absolute Gasteiger partial charge is 0.0494 e. The van der Waals surface area contributed by atoms with Gasteiger partial charge in [0.2, 0.25) is 0 Å². The summed E-state index contributed by atoms with van der Waals surface area (Å²) in [7, 11) is 0. The minimum atomic E-state index is 1.10. The maximum absolute atomic E-state index is 2.44. The summed E-state index contributed by atoms with van der Waals surface area (Å²) in [4.78, 5) is 0. The van der Waals surface area contributed by atoms with Crippen molar-refractivity contribution < 1.29 is 0 Å². The van der Waals surface area contributed by atoms with Crippen molar-refractivity contribution >= 4 is 10.9 Å². The molecule has 1 aromatic heterocycles. The molecule has 1 aliphatic heterocycles. The van der Waals surface area contributed by atoms with Crippen molar-refractivity contribution in [2.24, 2.45) is 0 Å². The average Bonchev–Trinajstić information content (AvgIpc) is 2.78. The van der Waals surface area contributed by atoms with E-state index in [9.17, 15) is 0 Å². The van der Waals surface area contributed by atoms with Crippen LogP contribution in [-0.4, -0.2) is 4.57 Å². The zero-order valence-corrected chi connectivity index (χ0v) is 9.56. The summed E-state index contributed by atoms with van der Waals surface area (Å²) in [6, 6.07) is 19.7. The van der Waals surface area contributed by atoms with Crippen LogP contribution in [0.3, 0.4) is 0 Å². The van der Waals surface area contributed by atoms with Crippen molar-refractivity contribution in [3.63, 3.8) is 0 Å². The molecule has 0 N–H and O–H groups in total. The lowest BCUT2D eigenvalue weighted by atomic mass is 9.99. The van der Waals surface area contributed by atoms with Crippen molar-refractivity contribution in [3.8, 4) is 11.3 Å². The Balaban J connectivity index is 2.10. The first-order valence-electron chi connectivity index (χ1n) is 6.10. The van der Waals surface area contributed by atoms with Gasteiger partial charge < -0.3 is 4.57 Å². The van der Waals surface area contributed by atoms with Gasteiger partial charge in [-0.2, -0.15) is 0 Å². The van der Waals surface area contributed by atoms with Crippen LogP contribution in [0, 0.1) is 0 Å². The Bertz CT molecular complexity index is 706. The number of aromatic nitrogens is 1. The lowest BCUT2D eigenvalue weighted by molar-refractivity contribution is 0.710. The van der Waals surface area contributed by atoms with Gasteiger partial charge in [0.25, 0.3) is 0 Å². The molecule has 0 fully saturated rings. The predicted octanol–water partition coefficient (Wildman–Crippen LogP) is 3.86. The van der Waals surface area contributed by atoms with E-state index in [1.54, 1.807) is 0 Å². The Morgan fingerprint density at radius 3 is 2.71 bits per heavy atom. The van der Waals surface area contributed by atoms with E-state index in [-0.39, 0.29) is 0 Å². The van der Waals surface area contributed by atoms with Gasteiger partial charge >= 0.3 is 0 Å². The molecule has 0 aliphatic carbocycles. The molecule has 1 heteroatoms. The van der Waals surface area contributed by atoms with Crippen molar-refractivity contribution in [3.05, 3.63) is 60.2 Å². The molecule has 0 bridgehead atoms. The third-order valence-electron chi connectivity index (χ3n) is 3.71. The van der Waals surface area contributed by atoms with Gasteiger partial charge in [0.1, 0.15) is 0 Å². The number of para-hydroxylation sites is 1. The molecule has 0 atom stereocenters. The highest BCUT2D eigenvalue weighted by Crippen LogP contribution is 2.34. The highest BCUT2D eigenvalue weighted by Gasteiger charge is 2.17. The van der Waals surface area contributed by atoms with Crippen LogP contribution in [0.25, 0.3) is 22.2 Å². The van der Waals surface area contributed by atoms with Gasteiger partial charge in [-0.15, -0.1) is 0 Å². The molecule has 0 amide bonds. The molecule has 4 rings (SSSR count). The van der Waals surface area contributed by atoms with E-state index in [1.807, 2.05) is 0 Å². The van der Waals surface area contributed by atoms with Gasteiger partial charge in [-0.25, -0.2) is 0 Å². The van der Waals surface area contributed by atoms with Crippen LogP contribution in [0.5, 0.6) is 0 Å². The van der Waals surface area contributed by atoms with Crippen molar-refractivity contribution in [2.75, 3.05) is 0 Å². The first-order chi connectivity index (χ1) is 8.43. The Morgan fingerprint density at radius 1 is 0.882 bits per heavy atom. The molecule has 17 heavy (non-hydrogen) atoms. The molecule has 82 valence electrons. The topological polar surface area (TPSA) is 4.93 Å². The first-order valence-corrected chi connectivity index (χ1v) is 6.10. The van der Waals surface area contributed by atoms with Crippen molar-refractivity contribution in [1.82, 2.24) is 4.57 Å². The van der Waals surface area contributed by atoms with Gasteiger partial charge in [0.05, 0.1) is 0 Å². The summed E-state index contributed by atoms with van der Waals surface area (Å²) < 4.78 is 2.44. The van der Waals surface area contributed by atoms with Gasteiger partial charge in [-0.1, -0.05) is 42.5 Å². The van der Waals surface area contributed by atoms with E-state index in [0.717, 1.165) is 13.0 Å². The Morgan fingerprint density at radius 2 is 1.71 bits per heavy atom. The Hall–Kier alpha value is -2.02. The molecule has 0 unspecified atom stereocenters. The first kappa shape index (κ1) is 9.06. The van der Waals surface area contributed by atoms with Gasteiger partial charge in [-0.3, -0.25) is 0 Å². The molecule has 0 saturated carbocycles. The molecule has 2 heterocycles. The standard InChI is InChI=1S/C16H13N/c1-3-7-14-12(5-1)9-10-17-15-8-4-2-6-13(15)11-16(14)17/h1-8,11H,9-10H2. The second kappa shape index (κ2) is 3.24. The monoisotopic (exact) mass is 219 g/mol. The second-order valence-electron chi connectivity index (χ2n) is 4.65. The van der Waals surface area contributed by atoms with Crippen LogP contribution in [-0.2, 0) is 13.0 Å². The molecule has 0 radical (unpaired) electrons. The van der Waals surface area contributed by atoms with E-state index in [4.69, 9.17) is 0 Å². The number of rotatable bonds is 0. The SMILES string of the molecule is c1ccc2c(c1)CCn1c-2cc2ccccc21. The second-order valence-corrected chi connectivity index (χ2v) is 4.65. The fourth-order valence-corrected chi connectivity index (χ4v) is 2.89. The molecular formula is C16H13N. The molecule has 1 aliphatic rings. The summed E-state index contributed by atoms with van der Waals surface area (Å²) in [5, 5.41) is 1.35. The molecule has 0 saturated heterocycles. The normalized spacial score (nSPS) is 13.4. The van der Waals surface area contributed by atoms with Gasteiger partial charge in [0.15, 0.2) is 0 Å². The zero-order valence-electron chi connectivity index (χ0n) is 9.56. The molecule has 3 aromatic rings. The minimum Gasteiger partial charge on any atom is -0.340 e. The summed E-state index contributed by atoms with van der Waals surface area (Å²) in [5.74, 6) is 0. The Kier molecular flexibility index (Phi) is 1.72. The number of aryl methyl sites for hydroxylation is 2. The third kappa shape index (κ3) is 1.19. The van der Waals surface area contributed by atoms with Crippen LogP contribution in [0.1, 0.15) is 5.56 Å². The highest BCUT2D eigenvalue weighted by molar-refractivity contribution is 5.88. The number of nitrogens with zero attached hydrogens (tertiary/aromatic N) is 1. The van der Waals surface area contributed by atoms with E-state index in [2.05, 4.69) is 59.2 Å². The lowest BCUT2D eigenvalue weighted by Crippen LogP contribution is -2.09. The van der Waals surface area contributed by atoms with Crippen molar-refractivity contribution in [2.45, 2.75) is 13.0 Å². The minimum absolute atomic E-state index is 1.10. The fourth-order valence-electron chi connectivity index (χ4n) is 2.89. The van der Waals surface area contributed by atoms with Crippen molar-refractivity contribution in [1.29, 1.82) is 0 Å². The van der Waals surface area contributed by atoms with E-state index >= 15 is 0 Å². The summed E-state index contributed by atoms with van der Waals surface area (Å²) in [6.45, 7) is 1.10. The number of benzene rings is 2. The van der Waals surface area contributed by atoms with Crippen LogP contribution in [0.4, 0.5) is 0 Å². The van der Waals surface area contributed by atoms with E-state index < -0.39 is 0 Å². The summed E-state index contributed by atoms with van der Waals surface area (Å²) >= 11 is 0. The average molecular weight is 219 g/mol. The van der Waals surface area contributed by atoms with E-state index in [0.29, 0.717) is 0 Å². The number of fused-ring (bicyclic) bond motifs is 5. The molecule has 2 aromatic carbocycles. The van der Waals surface area contributed by atoms with Crippen LogP contribution >= 0.6 is 0 Å². The number of hydrogen-bond acceptors (Lipinski definition) is 0. The molecule has 1 nitrogen and oxygen atoms in total. The highest BCUT2D eigenvalue weighted by atomic mass is 15.0. The van der Waals surface area contributed by atoms with Gasteiger partial charge in [0, 0.05) is 28.7 Å². The maximum Gasteiger partial charge on any atom is 0.0494 e.